The maximum atomic E-state index is 13.3. The van der Waals surface area contributed by atoms with E-state index in [9.17, 15) is 9.59 Å². The van der Waals surface area contributed by atoms with Crippen molar-refractivity contribution in [2.24, 2.45) is 11.8 Å². The first-order valence-electron chi connectivity index (χ1n) is 15.6. The Bertz CT molecular complexity index is 1390. The highest BCUT2D eigenvalue weighted by Crippen LogP contribution is 2.47. The van der Waals surface area contributed by atoms with Crippen LogP contribution in [0.2, 0.25) is 5.02 Å². The van der Waals surface area contributed by atoms with Gasteiger partial charge in [0, 0.05) is 50.7 Å². The summed E-state index contributed by atoms with van der Waals surface area (Å²) >= 11 is 6.44. The Kier molecular flexibility index (Phi) is 8.74. The number of esters is 1. The SMILES string of the molecule is COC(=O)[C@H]1CC(=O)N(C)CC/C=C/[C@H](OC)[C@@H]2CC[C@H]2CN2C[C@@]3(CCCc4cc(Cl)ccc43)COc3ccc1cc32. The summed E-state index contributed by atoms with van der Waals surface area (Å²) < 4.78 is 17.9. The first-order valence-corrected chi connectivity index (χ1v) is 16.0. The van der Waals surface area contributed by atoms with Gasteiger partial charge >= 0.3 is 5.97 Å². The highest BCUT2D eigenvalue weighted by Gasteiger charge is 2.44. The van der Waals surface area contributed by atoms with Gasteiger partial charge < -0.3 is 24.0 Å². The van der Waals surface area contributed by atoms with E-state index < -0.39 is 11.9 Å². The van der Waals surface area contributed by atoms with E-state index in [1.165, 1.54) is 18.2 Å². The van der Waals surface area contributed by atoms with Crippen molar-refractivity contribution in [3.05, 3.63) is 70.3 Å². The van der Waals surface area contributed by atoms with Crippen LogP contribution in [0.3, 0.4) is 0 Å². The number of carbonyl (C=O) groups is 2. The number of aryl methyl sites for hydroxylation is 1. The first kappa shape index (κ1) is 30.0. The highest BCUT2D eigenvalue weighted by molar-refractivity contribution is 6.30. The van der Waals surface area contributed by atoms with Gasteiger partial charge in [0.15, 0.2) is 0 Å². The number of halogens is 1. The van der Waals surface area contributed by atoms with E-state index in [1.54, 1.807) is 19.1 Å². The zero-order chi connectivity index (χ0) is 30.1. The molecular formula is C35H43ClN2O5. The zero-order valence-corrected chi connectivity index (χ0v) is 26.3. The second-order valence-corrected chi connectivity index (χ2v) is 13.3. The number of methoxy groups -OCH3 is 2. The molecular weight excluding hydrogens is 564 g/mol. The molecule has 8 heteroatoms. The van der Waals surface area contributed by atoms with Crippen LogP contribution < -0.4 is 9.64 Å². The molecule has 2 aromatic carbocycles. The Labute approximate surface area is 260 Å². The molecule has 2 aromatic rings. The quantitative estimate of drug-likeness (QED) is 0.312. The average molecular weight is 607 g/mol. The van der Waals surface area contributed by atoms with Crippen molar-refractivity contribution in [1.82, 2.24) is 4.90 Å². The van der Waals surface area contributed by atoms with Crippen molar-refractivity contribution in [3.8, 4) is 5.75 Å². The third kappa shape index (κ3) is 5.91. The molecule has 1 fully saturated rings. The van der Waals surface area contributed by atoms with Crippen LogP contribution in [-0.2, 0) is 30.9 Å². The molecule has 6 rings (SSSR count). The summed E-state index contributed by atoms with van der Waals surface area (Å²) in [5, 5.41) is 0.772. The largest absolute Gasteiger partial charge is 0.490 e. The zero-order valence-electron chi connectivity index (χ0n) is 25.5. The molecule has 1 amide bonds. The fourth-order valence-electron chi connectivity index (χ4n) is 7.71. The molecule has 0 saturated heterocycles. The van der Waals surface area contributed by atoms with Crippen LogP contribution in [0.5, 0.6) is 5.75 Å². The average Bonchev–Trinajstić information content (AvgIpc) is 3.15. The third-order valence-corrected chi connectivity index (χ3v) is 10.6. The lowest BCUT2D eigenvalue weighted by molar-refractivity contribution is -0.145. The second-order valence-electron chi connectivity index (χ2n) is 12.8. The van der Waals surface area contributed by atoms with E-state index in [0.29, 0.717) is 25.0 Å². The Morgan fingerprint density at radius 1 is 1.14 bits per heavy atom. The number of nitrogens with zero attached hydrogens (tertiary/aromatic N) is 2. The predicted molar refractivity (Wildman–Crippen MR) is 168 cm³/mol. The molecule has 0 N–H and O–H groups in total. The molecule has 2 aliphatic heterocycles. The van der Waals surface area contributed by atoms with E-state index >= 15 is 0 Å². The van der Waals surface area contributed by atoms with E-state index in [0.717, 1.165) is 73.6 Å². The number of fused-ring (bicyclic) bond motifs is 4. The number of benzene rings is 2. The summed E-state index contributed by atoms with van der Waals surface area (Å²) in [6.07, 6.45) is 10.5. The molecule has 7 nitrogen and oxygen atoms in total. The van der Waals surface area contributed by atoms with Gasteiger partial charge in [0.05, 0.1) is 31.4 Å². The maximum Gasteiger partial charge on any atom is 0.313 e. The van der Waals surface area contributed by atoms with Crippen molar-refractivity contribution in [1.29, 1.82) is 0 Å². The van der Waals surface area contributed by atoms with Crippen LogP contribution in [0.15, 0.2) is 48.6 Å². The lowest BCUT2D eigenvalue weighted by Gasteiger charge is -2.46. The van der Waals surface area contributed by atoms with Crippen LogP contribution >= 0.6 is 11.6 Å². The Balaban J connectivity index is 1.44. The molecule has 2 bridgehead atoms. The standard InChI is InChI=1S/C35H43ClN2O5/c1-37-16-5-4-8-31(41-2)27-12-9-25(27)20-38-21-35(15-6-7-24-17-26(36)11-13-29(24)35)22-43-32-14-10-23(18-30(32)38)28(19-33(37)39)34(40)42-3/h4,8,10-11,13-14,17-18,25,27-28,31H,5-7,9,12,15-16,19-22H2,1-3H3/b8-4+/t25-,27+,28-,31-,35-/m0/s1. The summed E-state index contributed by atoms with van der Waals surface area (Å²) in [6.45, 7) is 2.83. The van der Waals surface area contributed by atoms with Gasteiger partial charge in [-0.05, 0) is 91.3 Å². The van der Waals surface area contributed by atoms with Crippen LogP contribution in [0.4, 0.5) is 5.69 Å². The van der Waals surface area contributed by atoms with Crippen molar-refractivity contribution in [2.45, 2.75) is 62.4 Å². The molecule has 230 valence electrons. The Hall–Kier alpha value is -3.03. The summed E-state index contributed by atoms with van der Waals surface area (Å²) in [5.41, 5.74) is 4.21. The van der Waals surface area contributed by atoms with Gasteiger partial charge in [0.1, 0.15) is 5.75 Å². The van der Waals surface area contributed by atoms with Gasteiger partial charge in [-0.2, -0.15) is 0 Å². The Morgan fingerprint density at radius 2 is 2.00 bits per heavy atom. The monoisotopic (exact) mass is 606 g/mol. The van der Waals surface area contributed by atoms with E-state index in [-0.39, 0.29) is 23.8 Å². The number of hydrogen-bond donors (Lipinski definition) is 0. The minimum absolute atomic E-state index is 0.0388. The molecule has 5 atom stereocenters. The van der Waals surface area contributed by atoms with Gasteiger partial charge in [0.2, 0.25) is 5.91 Å². The molecule has 0 aromatic heterocycles. The van der Waals surface area contributed by atoms with E-state index in [2.05, 4.69) is 35.3 Å². The maximum absolute atomic E-state index is 13.3. The van der Waals surface area contributed by atoms with Crippen LogP contribution in [-0.4, -0.2) is 70.4 Å². The van der Waals surface area contributed by atoms with Gasteiger partial charge in [0.25, 0.3) is 0 Å². The smallest absolute Gasteiger partial charge is 0.313 e. The minimum atomic E-state index is -0.695. The van der Waals surface area contributed by atoms with Crippen molar-refractivity contribution in [3.63, 3.8) is 0 Å². The molecule has 2 heterocycles. The van der Waals surface area contributed by atoms with E-state index in [4.69, 9.17) is 25.8 Å². The molecule has 0 radical (unpaired) electrons. The van der Waals surface area contributed by atoms with Crippen LogP contribution in [0.1, 0.15) is 61.1 Å². The molecule has 1 spiro atoms. The lowest BCUT2D eigenvalue weighted by atomic mass is 9.68. The predicted octanol–water partition coefficient (Wildman–Crippen LogP) is 5.92. The molecule has 1 saturated carbocycles. The number of ether oxygens (including phenoxy) is 3. The summed E-state index contributed by atoms with van der Waals surface area (Å²) in [5.74, 6) is 0.510. The van der Waals surface area contributed by atoms with Crippen molar-refractivity contribution < 1.29 is 23.8 Å². The van der Waals surface area contributed by atoms with Crippen LogP contribution in [0, 0.1) is 11.8 Å². The molecule has 4 aliphatic rings. The highest BCUT2D eigenvalue weighted by atomic mass is 35.5. The Morgan fingerprint density at radius 3 is 2.77 bits per heavy atom. The fourth-order valence-corrected chi connectivity index (χ4v) is 7.91. The van der Waals surface area contributed by atoms with E-state index in [1.807, 2.05) is 18.2 Å². The number of carbonyl (C=O) groups excluding carboxylic acids is 2. The first-order chi connectivity index (χ1) is 20.8. The number of hydrogen-bond acceptors (Lipinski definition) is 6. The van der Waals surface area contributed by atoms with Crippen LogP contribution in [0.25, 0.3) is 0 Å². The lowest BCUT2D eigenvalue weighted by Crippen LogP contribution is -2.49. The van der Waals surface area contributed by atoms with Gasteiger partial charge in [-0.1, -0.05) is 35.9 Å². The van der Waals surface area contributed by atoms with Gasteiger partial charge in [-0.3, -0.25) is 9.59 Å². The summed E-state index contributed by atoms with van der Waals surface area (Å²) in [4.78, 5) is 30.6. The van der Waals surface area contributed by atoms with Crippen molar-refractivity contribution >= 4 is 29.2 Å². The molecule has 2 aliphatic carbocycles. The summed E-state index contributed by atoms with van der Waals surface area (Å²) in [7, 11) is 4.98. The van der Waals surface area contributed by atoms with Gasteiger partial charge in [-0.25, -0.2) is 0 Å². The number of rotatable bonds is 2. The summed E-state index contributed by atoms with van der Waals surface area (Å²) in [6, 6.07) is 12.3. The molecule has 0 unspecified atom stereocenters. The van der Waals surface area contributed by atoms with Gasteiger partial charge in [-0.15, -0.1) is 0 Å². The fraction of sp³-hybridized carbons (Fsp3) is 0.543. The normalized spacial score (nSPS) is 29.9. The minimum Gasteiger partial charge on any atom is -0.490 e. The molecule has 43 heavy (non-hydrogen) atoms. The number of anilines is 1. The third-order valence-electron chi connectivity index (χ3n) is 10.3. The second kappa shape index (κ2) is 12.5. The topological polar surface area (TPSA) is 68.3 Å². The van der Waals surface area contributed by atoms with Crippen molar-refractivity contribution in [2.75, 3.05) is 52.4 Å². The number of amides is 1.